The van der Waals surface area contributed by atoms with E-state index in [9.17, 15) is 9.59 Å². The molecule has 0 fully saturated rings. The summed E-state index contributed by atoms with van der Waals surface area (Å²) in [5.41, 5.74) is 0. The lowest BCUT2D eigenvalue weighted by Crippen LogP contribution is -2.39. The molecule has 4 nitrogen and oxygen atoms in total. The van der Waals surface area contributed by atoms with Crippen LogP contribution in [0.1, 0.15) is 20.3 Å². The van der Waals surface area contributed by atoms with E-state index in [0.717, 1.165) is 4.90 Å². The van der Waals surface area contributed by atoms with Crippen LogP contribution in [-0.4, -0.2) is 42.2 Å². The normalized spacial score (nSPS) is 10.4. The number of ether oxygens (including phenoxy) is 1. The Hall–Kier alpha value is -1.49. The van der Waals surface area contributed by atoms with Crippen molar-refractivity contribution in [2.45, 2.75) is 31.2 Å². The molecular weight excluding hydrogens is 274 g/mol. The van der Waals surface area contributed by atoms with Crippen LogP contribution in [0.25, 0.3) is 0 Å². The number of rotatable bonds is 7. The lowest BCUT2D eigenvalue weighted by Gasteiger charge is -2.26. The molecule has 0 aliphatic rings. The van der Waals surface area contributed by atoms with Gasteiger partial charge in [0.25, 0.3) is 0 Å². The van der Waals surface area contributed by atoms with Gasteiger partial charge < -0.3 is 9.64 Å². The molecule has 0 saturated heterocycles. The third-order valence-electron chi connectivity index (χ3n) is 2.83. The van der Waals surface area contributed by atoms with Crippen LogP contribution in [0.2, 0.25) is 0 Å². The van der Waals surface area contributed by atoms with Gasteiger partial charge in [-0.25, -0.2) is 0 Å². The Bertz CT molecular complexity index is 434. The predicted octanol–water partition coefficient (Wildman–Crippen LogP) is 2.58. The summed E-state index contributed by atoms with van der Waals surface area (Å²) in [7, 11) is 1.36. The minimum atomic E-state index is -0.292. The molecule has 0 aromatic heterocycles. The third-order valence-corrected chi connectivity index (χ3v) is 3.83. The molecule has 0 aliphatic heterocycles. The molecule has 0 aliphatic carbocycles. The van der Waals surface area contributed by atoms with Crippen LogP contribution in [0.5, 0.6) is 0 Å². The van der Waals surface area contributed by atoms with Crippen LogP contribution >= 0.6 is 11.8 Å². The highest BCUT2D eigenvalue weighted by atomic mass is 32.2. The monoisotopic (exact) mass is 295 g/mol. The number of carbonyl (C=O) groups excluding carboxylic acids is 2. The van der Waals surface area contributed by atoms with Crippen LogP contribution in [-0.2, 0) is 14.3 Å². The molecule has 1 rings (SSSR count). The summed E-state index contributed by atoms with van der Waals surface area (Å²) < 4.78 is 4.61. The number of amides is 1. The lowest BCUT2D eigenvalue weighted by molar-refractivity contribution is -0.141. The highest BCUT2D eigenvalue weighted by Crippen LogP contribution is 2.18. The number of thioether (sulfide) groups is 1. The Morgan fingerprint density at radius 3 is 2.45 bits per heavy atom. The molecule has 0 bridgehead atoms. The molecule has 0 atom stereocenters. The Morgan fingerprint density at radius 2 is 1.90 bits per heavy atom. The van der Waals surface area contributed by atoms with Gasteiger partial charge in [0, 0.05) is 17.5 Å². The number of nitrogens with zero attached hydrogens (tertiary/aromatic N) is 1. The molecule has 1 amide bonds. The van der Waals surface area contributed by atoms with Gasteiger partial charge in [-0.15, -0.1) is 11.8 Å². The van der Waals surface area contributed by atoms with Crippen molar-refractivity contribution in [3.05, 3.63) is 30.3 Å². The second kappa shape index (κ2) is 8.64. The number of esters is 1. The zero-order valence-corrected chi connectivity index (χ0v) is 13.0. The molecule has 0 N–H and O–H groups in total. The van der Waals surface area contributed by atoms with E-state index < -0.39 is 0 Å². The second-order valence-corrected chi connectivity index (χ2v) is 5.66. The number of methoxy groups -OCH3 is 1. The van der Waals surface area contributed by atoms with Crippen LogP contribution in [0, 0.1) is 0 Å². The highest BCUT2D eigenvalue weighted by Gasteiger charge is 2.18. The fourth-order valence-electron chi connectivity index (χ4n) is 1.73. The average molecular weight is 295 g/mol. The van der Waals surface area contributed by atoms with Crippen molar-refractivity contribution in [2.75, 3.05) is 19.4 Å². The first-order valence-electron chi connectivity index (χ1n) is 6.58. The van der Waals surface area contributed by atoms with Crippen molar-refractivity contribution >= 4 is 23.6 Å². The van der Waals surface area contributed by atoms with Gasteiger partial charge in [-0.05, 0) is 26.0 Å². The standard InChI is InChI=1S/C15H21NO3S/c1-12(2)16(10-9-15(18)19-3)14(17)11-20-13-7-5-4-6-8-13/h4-8,12H,9-11H2,1-3H3. The van der Waals surface area contributed by atoms with Crippen LogP contribution in [0.4, 0.5) is 0 Å². The van der Waals surface area contributed by atoms with Gasteiger partial charge in [-0.1, -0.05) is 18.2 Å². The maximum absolute atomic E-state index is 12.2. The molecular formula is C15H21NO3S. The molecule has 20 heavy (non-hydrogen) atoms. The Morgan fingerprint density at radius 1 is 1.25 bits per heavy atom. The fraction of sp³-hybridized carbons (Fsp3) is 0.467. The number of benzene rings is 1. The molecule has 1 aromatic carbocycles. The molecule has 0 heterocycles. The first-order chi connectivity index (χ1) is 9.54. The van der Waals surface area contributed by atoms with E-state index in [0.29, 0.717) is 12.3 Å². The maximum atomic E-state index is 12.2. The van der Waals surface area contributed by atoms with E-state index in [1.54, 1.807) is 4.90 Å². The first-order valence-corrected chi connectivity index (χ1v) is 7.57. The second-order valence-electron chi connectivity index (χ2n) is 4.61. The van der Waals surface area contributed by atoms with Crippen LogP contribution < -0.4 is 0 Å². The van der Waals surface area contributed by atoms with Gasteiger partial charge in [0.1, 0.15) is 0 Å². The van der Waals surface area contributed by atoms with E-state index in [4.69, 9.17) is 0 Å². The average Bonchev–Trinajstić information content (AvgIpc) is 2.45. The minimum absolute atomic E-state index is 0.0396. The van der Waals surface area contributed by atoms with E-state index in [-0.39, 0.29) is 24.3 Å². The van der Waals surface area contributed by atoms with Crippen molar-refractivity contribution in [3.8, 4) is 0 Å². The van der Waals surface area contributed by atoms with Crippen LogP contribution in [0.3, 0.4) is 0 Å². The van der Waals surface area contributed by atoms with Gasteiger partial charge in [-0.2, -0.15) is 0 Å². The molecule has 0 radical (unpaired) electrons. The van der Waals surface area contributed by atoms with E-state index in [1.807, 2.05) is 44.2 Å². The smallest absolute Gasteiger partial charge is 0.307 e. The fourth-order valence-corrected chi connectivity index (χ4v) is 2.53. The summed E-state index contributed by atoms with van der Waals surface area (Å²) in [5.74, 6) is 0.125. The molecule has 0 unspecified atom stereocenters. The van der Waals surface area contributed by atoms with Crippen molar-refractivity contribution in [2.24, 2.45) is 0 Å². The SMILES string of the molecule is COC(=O)CCN(C(=O)CSc1ccccc1)C(C)C. The van der Waals surface area contributed by atoms with Gasteiger partial charge in [0.2, 0.25) is 5.91 Å². The lowest BCUT2D eigenvalue weighted by atomic mass is 10.3. The summed E-state index contributed by atoms with van der Waals surface area (Å²) in [5, 5.41) is 0. The Labute approximate surface area is 124 Å². The zero-order valence-electron chi connectivity index (χ0n) is 12.2. The maximum Gasteiger partial charge on any atom is 0.307 e. The van der Waals surface area contributed by atoms with Gasteiger partial charge in [-0.3, -0.25) is 9.59 Å². The zero-order chi connectivity index (χ0) is 15.0. The Balaban J connectivity index is 2.49. The minimum Gasteiger partial charge on any atom is -0.469 e. The predicted molar refractivity (Wildman–Crippen MR) is 80.6 cm³/mol. The number of hydrogen-bond acceptors (Lipinski definition) is 4. The number of hydrogen-bond donors (Lipinski definition) is 0. The summed E-state index contributed by atoms with van der Waals surface area (Å²) >= 11 is 1.51. The van der Waals surface area contributed by atoms with Gasteiger partial charge in [0.05, 0.1) is 19.3 Å². The topological polar surface area (TPSA) is 46.6 Å². The Kier molecular flexibility index (Phi) is 7.15. The first kappa shape index (κ1) is 16.6. The van der Waals surface area contributed by atoms with E-state index in [2.05, 4.69) is 4.74 Å². The summed E-state index contributed by atoms with van der Waals surface area (Å²) in [4.78, 5) is 26.2. The summed E-state index contributed by atoms with van der Waals surface area (Å²) in [6.07, 6.45) is 0.233. The number of carbonyl (C=O) groups is 2. The molecule has 0 saturated carbocycles. The van der Waals surface area contributed by atoms with E-state index >= 15 is 0 Å². The van der Waals surface area contributed by atoms with Crippen molar-refractivity contribution in [3.63, 3.8) is 0 Å². The molecule has 0 spiro atoms. The summed E-state index contributed by atoms with van der Waals surface area (Å²) in [6.45, 7) is 4.29. The van der Waals surface area contributed by atoms with Crippen molar-refractivity contribution in [1.29, 1.82) is 0 Å². The van der Waals surface area contributed by atoms with Gasteiger partial charge in [0.15, 0.2) is 0 Å². The molecule has 5 heteroatoms. The van der Waals surface area contributed by atoms with Crippen molar-refractivity contribution in [1.82, 2.24) is 4.90 Å². The quantitative estimate of drug-likeness (QED) is 0.573. The molecule has 1 aromatic rings. The van der Waals surface area contributed by atoms with E-state index in [1.165, 1.54) is 18.9 Å². The van der Waals surface area contributed by atoms with Crippen LogP contribution in [0.15, 0.2) is 35.2 Å². The van der Waals surface area contributed by atoms with Gasteiger partial charge >= 0.3 is 5.97 Å². The highest BCUT2D eigenvalue weighted by molar-refractivity contribution is 8.00. The molecule has 110 valence electrons. The third kappa shape index (κ3) is 5.65. The van der Waals surface area contributed by atoms with Crippen molar-refractivity contribution < 1.29 is 14.3 Å². The largest absolute Gasteiger partial charge is 0.469 e. The summed E-state index contributed by atoms with van der Waals surface area (Å²) in [6, 6.07) is 9.87.